The number of unbranched alkanes of at least 4 members (excludes halogenated alkanes) is 22. The number of aromatic amines is 1. The Bertz CT molecular complexity index is 606. The van der Waals surface area contributed by atoms with E-state index in [-0.39, 0.29) is 0 Å². The monoisotopic (exact) mass is 546 g/mol. The average Bonchev–Trinajstić information content (AvgIpc) is 3.43. The Kier molecular flexibility index (Phi) is 25.4. The largest absolute Gasteiger partial charge is 0.257 e. The molecule has 2 atom stereocenters. The zero-order chi connectivity index (χ0) is 28.2. The summed E-state index contributed by atoms with van der Waals surface area (Å²) in [5, 5.41) is 0. The summed E-state index contributed by atoms with van der Waals surface area (Å²) in [5.74, 6) is 2.23. The molecule has 0 saturated heterocycles. The molecule has 2 unspecified atom stereocenters. The highest BCUT2D eigenvalue weighted by Crippen LogP contribution is 2.27. The predicted octanol–water partition coefficient (Wildman–Crippen LogP) is 12.9. The normalized spacial score (nSPS) is 13.2. The summed E-state index contributed by atoms with van der Waals surface area (Å²) < 4.78 is 2.57. The van der Waals surface area contributed by atoms with Gasteiger partial charge in [0.25, 0.3) is 5.82 Å². The average molecular weight is 546 g/mol. The number of hydrogen-bond donors (Lipinski definition) is 1. The van der Waals surface area contributed by atoms with Gasteiger partial charge < -0.3 is 0 Å². The van der Waals surface area contributed by atoms with Gasteiger partial charge in [0.2, 0.25) is 0 Å². The first-order chi connectivity index (χ1) is 19.2. The highest BCUT2D eigenvalue weighted by molar-refractivity contribution is 4.90. The number of H-pyrrole nitrogens is 1. The van der Waals surface area contributed by atoms with Crippen molar-refractivity contribution in [2.45, 2.75) is 219 Å². The fourth-order valence-electron chi connectivity index (χ4n) is 6.51. The molecule has 0 aromatic carbocycles. The number of rotatable bonds is 30. The second-order valence-electron chi connectivity index (χ2n) is 12.9. The summed E-state index contributed by atoms with van der Waals surface area (Å²) >= 11 is 0. The lowest BCUT2D eigenvalue weighted by molar-refractivity contribution is -0.727. The molecule has 0 aliphatic heterocycles. The Morgan fingerprint density at radius 3 is 1.21 bits per heavy atom. The van der Waals surface area contributed by atoms with Gasteiger partial charge >= 0.3 is 0 Å². The fourth-order valence-corrected chi connectivity index (χ4v) is 6.51. The smallest absolute Gasteiger partial charge is 0.247 e. The van der Waals surface area contributed by atoms with E-state index in [1.54, 1.807) is 0 Å². The van der Waals surface area contributed by atoms with Crippen LogP contribution in [0.15, 0.2) is 12.4 Å². The zero-order valence-electron chi connectivity index (χ0n) is 27.6. The second-order valence-corrected chi connectivity index (χ2v) is 12.9. The highest BCUT2D eigenvalue weighted by atomic mass is 15.1. The molecule has 0 amide bonds. The third-order valence-electron chi connectivity index (χ3n) is 9.12. The van der Waals surface area contributed by atoms with E-state index in [9.17, 15) is 0 Å². The molecule has 39 heavy (non-hydrogen) atoms. The van der Waals surface area contributed by atoms with Crippen molar-refractivity contribution in [3.05, 3.63) is 18.2 Å². The first kappa shape index (κ1) is 36.2. The van der Waals surface area contributed by atoms with E-state index < -0.39 is 0 Å². The third kappa shape index (κ3) is 19.8. The van der Waals surface area contributed by atoms with Crippen molar-refractivity contribution in [3.63, 3.8) is 0 Å². The van der Waals surface area contributed by atoms with Crippen molar-refractivity contribution < 1.29 is 4.57 Å². The van der Waals surface area contributed by atoms with Crippen LogP contribution < -0.4 is 4.57 Å². The van der Waals surface area contributed by atoms with Gasteiger partial charge in [0.15, 0.2) is 0 Å². The lowest BCUT2D eigenvalue weighted by Crippen LogP contribution is -2.41. The maximum atomic E-state index is 3.69. The van der Waals surface area contributed by atoms with E-state index in [1.165, 1.54) is 186 Å². The van der Waals surface area contributed by atoms with Crippen molar-refractivity contribution in [2.24, 2.45) is 0 Å². The minimum Gasteiger partial charge on any atom is -0.247 e. The van der Waals surface area contributed by atoms with Crippen molar-refractivity contribution >= 4 is 0 Å². The molecule has 2 nitrogen and oxygen atoms in total. The van der Waals surface area contributed by atoms with Crippen LogP contribution in [-0.4, -0.2) is 4.98 Å². The number of imidazole rings is 1. The van der Waals surface area contributed by atoms with Crippen molar-refractivity contribution in [1.29, 1.82) is 0 Å². The van der Waals surface area contributed by atoms with Crippen LogP contribution in [0.1, 0.15) is 225 Å². The molecule has 0 fully saturated rings. The van der Waals surface area contributed by atoms with Gasteiger partial charge in [-0.05, 0) is 26.2 Å². The van der Waals surface area contributed by atoms with Crippen LogP contribution in [0.25, 0.3) is 0 Å². The summed E-state index contributed by atoms with van der Waals surface area (Å²) in [4.78, 5) is 3.69. The number of nitrogens with one attached hydrogen (secondary N) is 1. The minimum absolute atomic E-state index is 0.614. The summed E-state index contributed by atoms with van der Waals surface area (Å²) in [6.45, 7) is 9.34. The molecule has 0 aliphatic carbocycles. The molecule has 1 rings (SSSR count). The molecule has 0 radical (unpaired) electrons. The minimum atomic E-state index is 0.614. The lowest BCUT2D eigenvalue weighted by Gasteiger charge is -2.17. The predicted molar refractivity (Wildman–Crippen MR) is 175 cm³/mol. The van der Waals surface area contributed by atoms with Gasteiger partial charge in [-0.1, -0.05) is 181 Å². The number of nitrogens with zero attached hydrogens (tertiary/aromatic N) is 1. The van der Waals surface area contributed by atoms with Crippen LogP contribution >= 0.6 is 0 Å². The van der Waals surface area contributed by atoms with Gasteiger partial charge in [0.1, 0.15) is 12.4 Å². The Hall–Kier alpha value is -0.790. The first-order valence-electron chi connectivity index (χ1n) is 18.3. The van der Waals surface area contributed by atoms with Crippen LogP contribution in [0.3, 0.4) is 0 Å². The maximum Gasteiger partial charge on any atom is 0.257 e. The Labute approximate surface area is 246 Å². The molecule has 1 aromatic rings. The lowest BCUT2D eigenvalue weighted by atomic mass is 9.92. The molecular weight excluding hydrogens is 472 g/mol. The molecule has 0 saturated carbocycles. The summed E-state index contributed by atoms with van der Waals surface area (Å²) in [6, 6.07) is 0.614. The van der Waals surface area contributed by atoms with Gasteiger partial charge in [0.05, 0.1) is 12.0 Å². The topological polar surface area (TPSA) is 19.7 Å². The number of hydrogen-bond acceptors (Lipinski definition) is 0. The first-order valence-corrected chi connectivity index (χ1v) is 18.3. The van der Waals surface area contributed by atoms with E-state index in [1.807, 2.05) is 0 Å². The van der Waals surface area contributed by atoms with Gasteiger partial charge in [0, 0.05) is 0 Å². The van der Waals surface area contributed by atoms with Gasteiger partial charge in [-0.25, -0.2) is 9.55 Å². The Morgan fingerprint density at radius 2 is 0.846 bits per heavy atom. The van der Waals surface area contributed by atoms with Crippen LogP contribution in [-0.2, 0) is 0 Å². The summed E-state index contributed by atoms with van der Waals surface area (Å²) in [7, 11) is 0. The molecular formula is C37H73N2+. The maximum absolute atomic E-state index is 3.69. The molecule has 1 aromatic heterocycles. The van der Waals surface area contributed by atoms with E-state index in [0.717, 1.165) is 0 Å². The second kappa shape index (κ2) is 27.4. The van der Waals surface area contributed by atoms with Crippen LogP contribution in [0.2, 0.25) is 0 Å². The molecule has 0 spiro atoms. The van der Waals surface area contributed by atoms with Crippen LogP contribution in [0.4, 0.5) is 0 Å². The molecule has 1 N–H and O–H groups in total. The van der Waals surface area contributed by atoms with Crippen LogP contribution in [0.5, 0.6) is 0 Å². The van der Waals surface area contributed by atoms with Gasteiger partial charge in [-0.2, -0.15) is 0 Å². The molecule has 0 aliphatic rings. The number of aromatic nitrogens is 2. The molecule has 1 heterocycles. The fraction of sp³-hybridized carbons (Fsp3) is 0.919. The Balaban J connectivity index is 2.21. The van der Waals surface area contributed by atoms with Crippen molar-refractivity contribution in [2.75, 3.05) is 0 Å². The quantitative estimate of drug-likeness (QED) is 0.0732. The van der Waals surface area contributed by atoms with Gasteiger partial charge in [-0.15, -0.1) is 0 Å². The standard InChI is InChI=1S/C37H72N2/c1-5-8-10-12-14-16-17-18-19-20-21-22-23-25-27-29-32-36(31-28-26-24-15-13-11-9-6-2)37-38-33-34-39(37)35(4)30-7-3/h33-36H,5-32H2,1-4H3/p+1. The summed E-state index contributed by atoms with van der Waals surface area (Å²) in [5.41, 5.74) is 0. The van der Waals surface area contributed by atoms with E-state index >= 15 is 0 Å². The van der Waals surface area contributed by atoms with E-state index in [2.05, 4.69) is 49.6 Å². The van der Waals surface area contributed by atoms with E-state index in [0.29, 0.717) is 12.0 Å². The SMILES string of the molecule is CCCCCCCCCCCCCCCCCCC(CCCCCCCCCC)c1[nH]cc[n+]1C(C)CCC. The zero-order valence-corrected chi connectivity index (χ0v) is 27.6. The summed E-state index contributed by atoms with van der Waals surface area (Å²) in [6.07, 6.45) is 44.4. The van der Waals surface area contributed by atoms with E-state index in [4.69, 9.17) is 0 Å². The Morgan fingerprint density at radius 1 is 0.487 bits per heavy atom. The highest BCUT2D eigenvalue weighted by Gasteiger charge is 2.25. The molecule has 2 heteroatoms. The van der Waals surface area contributed by atoms with Crippen molar-refractivity contribution in [3.8, 4) is 0 Å². The van der Waals surface area contributed by atoms with Gasteiger partial charge in [-0.3, -0.25) is 0 Å². The molecule has 0 bridgehead atoms. The molecule has 230 valence electrons. The van der Waals surface area contributed by atoms with Crippen LogP contribution in [0, 0.1) is 0 Å². The van der Waals surface area contributed by atoms with Crippen molar-refractivity contribution in [1.82, 2.24) is 4.98 Å². The third-order valence-corrected chi connectivity index (χ3v) is 9.12.